The molecule has 4 rings (SSSR count). The lowest BCUT2D eigenvalue weighted by Crippen LogP contribution is -2.24. The maximum Gasteiger partial charge on any atom is 0.251 e. The number of nitrogens with zero attached hydrogens (tertiary/aromatic N) is 1. The SMILES string of the molecule is O=C(NCCCc1ccc(-c2ccccc2F)cc1)c1ccc2[nH]ncc2c1. The third kappa shape index (κ3) is 3.93. The monoisotopic (exact) mass is 373 g/mol. The van der Waals surface area contributed by atoms with Gasteiger partial charge in [0.15, 0.2) is 0 Å². The van der Waals surface area contributed by atoms with E-state index >= 15 is 0 Å². The smallest absolute Gasteiger partial charge is 0.251 e. The van der Waals surface area contributed by atoms with Crippen molar-refractivity contribution >= 4 is 16.8 Å². The molecule has 0 unspecified atom stereocenters. The summed E-state index contributed by atoms with van der Waals surface area (Å²) in [5.74, 6) is -0.301. The molecule has 0 spiro atoms. The topological polar surface area (TPSA) is 57.8 Å². The quantitative estimate of drug-likeness (QED) is 0.480. The molecule has 4 nitrogen and oxygen atoms in total. The molecule has 4 aromatic rings. The summed E-state index contributed by atoms with van der Waals surface area (Å²) < 4.78 is 13.9. The van der Waals surface area contributed by atoms with Crippen LogP contribution in [0.1, 0.15) is 22.3 Å². The molecule has 2 N–H and O–H groups in total. The first kappa shape index (κ1) is 17.9. The number of benzene rings is 3. The van der Waals surface area contributed by atoms with Gasteiger partial charge in [0.1, 0.15) is 5.82 Å². The Labute approximate surface area is 162 Å². The van der Waals surface area contributed by atoms with Crippen molar-refractivity contribution in [3.63, 3.8) is 0 Å². The molecule has 0 aliphatic carbocycles. The Bertz CT molecular complexity index is 1100. The summed E-state index contributed by atoms with van der Waals surface area (Å²) in [5, 5.41) is 10.7. The highest BCUT2D eigenvalue weighted by Crippen LogP contribution is 2.23. The molecule has 0 bridgehead atoms. The number of nitrogens with one attached hydrogen (secondary N) is 2. The summed E-state index contributed by atoms with van der Waals surface area (Å²) in [5.41, 5.74) is 4.17. The largest absolute Gasteiger partial charge is 0.352 e. The van der Waals surface area contributed by atoms with Gasteiger partial charge in [-0.15, -0.1) is 0 Å². The van der Waals surface area contributed by atoms with Gasteiger partial charge >= 0.3 is 0 Å². The van der Waals surface area contributed by atoms with Crippen molar-refractivity contribution in [3.8, 4) is 11.1 Å². The number of halogens is 1. The van der Waals surface area contributed by atoms with E-state index in [1.165, 1.54) is 6.07 Å². The van der Waals surface area contributed by atoms with E-state index in [2.05, 4.69) is 15.5 Å². The Morgan fingerprint density at radius 1 is 1.04 bits per heavy atom. The van der Waals surface area contributed by atoms with E-state index < -0.39 is 0 Å². The number of carbonyl (C=O) groups is 1. The lowest BCUT2D eigenvalue weighted by molar-refractivity contribution is 0.0953. The van der Waals surface area contributed by atoms with Crippen molar-refractivity contribution in [3.05, 3.63) is 89.9 Å². The number of hydrogen-bond donors (Lipinski definition) is 2. The second-order valence-corrected chi connectivity index (χ2v) is 6.71. The maximum atomic E-state index is 13.9. The third-order valence-electron chi connectivity index (χ3n) is 4.77. The fourth-order valence-electron chi connectivity index (χ4n) is 3.23. The molecule has 0 saturated carbocycles. The Balaban J connectivity index is 1.29. The normalized spacial score (nSPS) is 10.9. The first-order chi connectivity index (χ1) is 13.7. The van der Waals surface area contributed by atoms with E-state index in [0.717, 1.165) is 34.9 Å². The minimum absolute atomic E-state index is 0.0852. The molecular weight excluding hydrogens is 353 g/mol. The number of amides is 1. The first-order valence-electron chi connectivity index (χ1n) is 9.26. The fraction of sp³-hybridized carbons (Fsp3) is 0.130. The Kier molecular flexibility index (Phi) is 5.15. The van der Waals surface area contributed by atoms with Crippen molar-refractivity contribution in [2.24, 2.45) is 0 Å². The summed E-state index contributed by atoms with van der Waals surface area (Å²) in [6.45, 7) is 0.595. The van der Waals surface area contributed by atoms with E-state index in [-0.39, 0.29) is 11.7 Å². The van der Waals surface area contributed by atoms with Gasteiger partial charge < -0.3 is 5.32 Å². The minimum atomic E-state index is -0.216. The van der Waals surface area contributed by atoms with Crippen LogP contribution in [0.15, 0.2) is 72.9 Å². The number of aromatic nitrogens is 2. The number of carbonyl (C=O) groups excluding carboxylic acids is 1. The standard InChI is InChI=1S/C23H20FN3O/c24-21-6-2-1-5-20(21)17-9-7-16(8-10-17)4-3-13-25-23(28)18-11-12-22-19(14-18)15-26-27-22/h1-2,5-12,14-15H,3-4,13H2,(H,25,28)(H,26,27). The molecule has 140 valence electrons. The number of hydrogen-bond acceptors (Lipinski definition) is 2. The van der Waals surface area contributed by atoms with Gasteiger partial charge in [-0.25, -0.2) is 4.39 Å². The van der Waals surface area contributed by atoms with Crippen LogP contribution in [0.25, 0.3) is 22.0 Å². The maximum absolute atomic E-state index is 13.9. The van der Waals surface area contributed by atoms with Gasteiger partial charge in [-0.1, -0.05) is 42.5 Å². The zero-order valence-corrected chi connectivity index (χ0v) is 15.3. The molecule has 0 aliphatic rings. The van der Waals surface area contributed by atoms with Gasteiger partial charge in [-0.05, 0) is 48.2 Å². The number of rotatable bonds is 6. The molecule has 0 radical (unpaired) electrons. The lowest BCUT2D eigenvalue weighted by atomic mass is 10.0. The van der Waals surface area contributed by atoms with Crippen LogP contribution in [0.4, 0.5) is 4.39 Å². The highest BCUT2D eigenvalue weighted by Gasteiger charge is 2.07. The predicted molar refractivity (Wildman–Crippen MR) is 109 cm³/mol. The summed E-state index contributed by atoms with van der Waals surface area (Å²) in [6, 6.07) is 20.1. The van der Waals surface area contributed by atoms with Crippen molar-refractivity contribution in [2.45, 2.75) is 12.8 Å². The molecule has 3 aromatic carbocycles. The van der Waals surface area contributed by atoms with Gasteiger partial charge in [-0.2, -0.15) is 5.10 Å². The summed E-state index contributed by atoms with van der Waals surface area (Å²) in [7, 11) is 0. The van der Waals surface area contributed by atoms with Crippen LogP contribution >= 0.6 is 0 Å². The third-order valence-corrected chi connectivity index (χ3v) is 4.77. The van der Waals surface area contributed by atoms with Crippen LogP contribution in [0.3, 0.4) is 0 Å². The first-order valence-corrected chi connectivity index (χ1v) is 9.26. The number of H-pyrrole nitrogens is 1. The van der Waals surface area contributed by atoms with Crippen molar-refractivity contribution in [2.75, 3.05) is 6.54 Å². The summed E-state index contributed by atoms with van der Waals surface area (Å²) in [4.78, 5) is 12.3. The molecule has 1 amide bonds. The van der Waals surface area contributed by atoms with E-state index in [1.807, 2.05) is 42.5 Å². The Hall–Kier alpha value is -3.47. The van der Waals surface area contributed by atoms with E-state index in [4.69, 9.17) is 0 Å². The molecule has 5 heteroatoms. The van der Waals surface area contributed by atoms with Crippen molar-refractivity contribution in [1.82, 2.24) is 15.5 Å². The van der Waals surface area contributed by atoms with E-state index in [0.29, 0.717) is 17.7 Å². The second-order valence-electron chi connectivity index (χ2n) is 6.71. The van der Waals surface area contributed by atoms with Crippen LogP contribution < -0.4 is 5.32 Å². The molecule has 1 heterocycles. The van der Waals surface area contributed by atoms with Gasteiger partial charge in [0.25, 0.3) is 5.91 Å². The van der Waals surface area contributed by atoms with E-state index in [1.54, 1.807) is 24.4 Å². The average Bonchev–Trinajstić information content (AvgIpc) is 3.20. The zero-order valence-electron chi connectivity index (χ0n) is 15.3. The van der Waals surface area contributed by atoms with Crippen LogP contribution in [0.5, 0.6) is 0 Å². The second kappa shape index (κ2) is 8.05. The van der Waals surface area contributed by atoms with Gasteiger partial charge in [-0.3, -0.25) is 9.89 Å². The predicted octanol–water partition coefficient (Wildman–Crippen LogP) is 4.73. The zero-order chi connectivity index (χ0) is 19.3. The van der Waals surface area contributed by atoms with Crippen LogP contribution in [-0.2, 0) is 6.42 Å². The van der Waals surface area contributed by atoms with Gasteiger partial charge in [0.2, 0.25) is 0 Å². The summed E-state index contributed by atoms with van der Waals surface area (Å²) >= 11 is 0. The molecule has 0 atom stereocenters. The number of aryl methyl sites for hydroxylation is 1. The summed E-state index contributed by atoms with van der Waals surface area (Å²) in [6.07, 6.45) is 3.38. The molecule has 0 aliphatic heterocycles. The fourth-order valence-corrected chi connectivity index (χ4v) is 3.23. The minimum Gasteiger partial charge on any atom is -0.352 e. The highest BCUT2D eigenvalue weighted by molar-refractivity contribution is 5.97. The van der Waals surface area contributed by atoms with Gasteiger partial charge in [0.05, 0.1) is 11.7 Å². The molecule has 28 heavy (non-hydrogen) atoms. The van der Waals surface area contributed by atoms with E-state index in [9.17, 15) is 9.18 Å². The highest BCUT2D eigenvalue weighted by atomic mass is 19.1. The Morgan fingerprint density at radius 3 is 2.68 bits per heavy atom. The van der Waals surface area contributed by atoms with Crippen LogP contribution in [-0.4, -0.2) is 22.6 Å². The van der Waals surface area contributed by atoms with Crippen molar-refractivity contribution in [1.29, 1.82) is 0 Å². The van der Waals surface area contributed by atoms with Gasteiger partial charge in [0, 0.05) is 23.1 Å². The number of fused-ring (bicyclic) bond motifs is 1. The lowest BCUT2D eigenvalue weighted by Gasteiger charge is -2.07. The van der Waals surface area contributed by atoms with Crippen LogP contribution in [0.2, 0.25) is 0 Å². The number of aromatic amines is 1. The van der Waals surface area contributed by atoms with Crippen LogP contribution in [0, 0.1) is 5.82 Å². The molecular formula is C23H20FN3O. The van der Waals surface area contributed by atoms with Crippen molar-refractivity contribution < 1.29 is 9.18 Å². The average molecular weight is 373 g/mol. The Morgan fingerprint density at radius 2 is 1.86 bits per heavy atom. The molecule has 1 aromatic heterocycles. The molecule has 0 saturated heterocycles. The molecule has 0 fully saturated rings.